The summed E-state index contributed by atoms with van der Waals surface area (Å²) in [5.74, 6) is -0.921. The van der Waals surface area contributed by atoms with Crippen LogP contribution in [0.15, 0.2) is 6.07 Å². The number of halogens is 3. The van der Waals surface area contributed by atoms with Gasteiger partial charge in [0, 0.05) is 24.4 Å². The highest BCUT2D eigenvalue weighted by atomic mass is 19.4. The summed E-state index contributed by atoms with van der Waals surface area (Å²) in [4.78, 5) is 20.9. The summed E-state index contributed by atoms with van der Waals surface area (Å²) < 4.78 is 42.1. The molecule has 1 aromatic rings. The number of rotatable bonds is 3. The number of carbonyl (C=O) groups excluding carboxylic acids is 1. The van der Waals surface area contributed by atoms with E-state index in [1.807, 2.05) is 0 Å². The fraction of sp³-hybridized carbons (Fsp3) is 0.615. The van der Waals surface area contributed by atoms with E-state index in [9.17, 15) is 18.0 Å². The first-order chi connectivity index (χ1) is 9.73. The van der Waals surface area contributed by atoms with Crippen LogP contribution in [-0.4, -0.2) is 46.1 Å². The van der Waals surface area contributed by atoms with Crippen molar-refractivity contribution in [1.82, 2.24) is 14.9 Å². The lowest BCUT2D eigenvalue weighted by molar-refractivity contribution is -0.160. The molecule has 1 atom stereocenters. The van der Waals surface area contributed by atoms with Gasteiger partial charge in [0.1, 0.15) is 12.5 Å². The molecule has 1 aliphatic rings. The fourth-order valence-corrected chi connectivity index (χ4v) is 2.23. The maximum atomic E-state index is 12.2. The minimum absolute atomic E-state index is 0.130. The lowest BCUT2D eigenvalue weighted by atomic mass is 10.3. The van der Waals surface area contributed by atoms with E-state index in [1.54, 1.807) is 19.9 Å². The first-order valence-electron chi connectivity index (χ1n) is 6.56. The van der Waals surface area contributed by atoms with Crippen LogP contribution < -0.4 is 4.74 Å². The van der Waals surface area contributed by atoms with Crippen LogP contribution in [0.2, 0.25) is 0 Å². The molecule has 1 saturated heterocycles. The van der Waals surface area contributed by atoms with Crippen LogP contribution in [0.25, 0.3) is 0 Å². The van der Waals surface area contributed by atoms with Gasteiger partial charge in [-0.15, -0.1) is 0 Å². The van der Waals surface area contributed by atoms with Crippen molar-refractivity contribution in [3.63, 3.8) is 0 Å². The Morgan fingerprint density at radius 3 is 2.57 bits per heavy atom. The van der Waals surface area contributed by atoms with Crippen LogP contribution in [0.1, 0.15) is 24.2 Å². The quantitative estimate of drug-likeness (QED) is 0.857. The van der Waals surface area contributed by atoms with Gasteiger partial charge in [0.15, 0.2) is 0 Å². The predicted molar refractivity (Wildman–Crippen MR) is 67.8 cm³/mol. The zero-order chi connectivity index (χ0) is 15.6. The Balaban J connectivity index is 1.92. The number of hydrogen-bond acceptors (Lipinski definition) is 4. The van der Waals surface area contributed by atoms with Crippen molar-refractivity contribution in [3.05, 3.63) is 17.5 Å². The minimum atomic E-state index is -4.48. The van der Waals surface area contributed by atoms with Crippen LogP contribution in [0, 0.1) is 13.8 Å². The van der Waals surface area contributed by atoms with E-state index >= 15 is 0 Å². The molecule has 5 nitrogen and oxygen atoms in total. The maximum Gasteiger partial charge on any atom is 0.397 e. The smallest absolute Gasteiger partial charge is 0.397 e. The molecule has 0 bridgehead atoms. The zero-order valence-corrected chi connectivity index (χ0v) is 11.8. The van der Waals surface area contributed by atoms with Crippen molar-refractivity contribution < 1.29 is 22.7 Å². The second-order valence-electron chi connectivity index (χ2n) is 5.09. The lowest BCUT2D eigenvalue weighted by Crippen LogP contribution is -2.34. The molecule has 1 amide bonds. The monoisotopic (exact) mass is 303 g/mol. The normalized spacial score (nSPS) is 18.9. The lowest BCUT2D eigenvalue weighted by Gasteiger charge is -2.17. The van der Waals surface area contributed by atoms with E-state index in [0.717, 1.165) is 11.4 Å². The van der Waals surface area contributed by atoms with Crippen molar-refractivity contribution in [3.8, 4) is 6.01 Å². The van der Waals surface area contributed by atoms with Gasteiger partial charge in [-0.25, -0.2) is 9.97 Å². The van der Waals surface area contributed by atoms with Crippen molar-refractivity contribution >= 4 is 5.91 Å². The first kappa shape index (κ1) is 15.5. The van der Waals surface area contributed by atoms with Crippen LogP contribution in [0.3, 0.4) is 0 Å². The largest absolute Gasteiger partial charge is 0.458 e. The van der Waals surface area contributed by atoms with Crippen LogP contribution in [0.5, 0.6) is 6.01 Å². The summed E-state index contributed by atoms with van der Waals surface area (Å²) in [6.45, 7) is 3.99. The summed E-state index contributed by atoms with van der Waals surface area (Å²) in [7, 11) is 0. The molecule has 116 valence electrons. The summed E-state index contributed by atoms with van der Waals surface area (Å²) in [6, 6.07) is 1.99. The number of likely N-dealkylation sites (tertiary alicyclic amines) is 1. The second kappa shape index (κ2) is 5.87. The molecule has 0 radical (unpaired) electrons. The predicted octanol–water partition coefficient (Wildman–Crippen LogP) is 2.03. The highest BCUT2D eigenvalue weighted by Crippen LogP contribution is 2.23. The third kappa shape index (κ3) is 4.57. The van der Waals surface area contributed by atoms with E-state index < -0.39 is 18.5 Å². The van der Waals surface area contributed by atoms with E-state index in [-0.39, 0.29) is 25.2 Å². The summed E-state index contributed by atoms with van der Waals surface area (Å²) >= 11 is 0. The van der Waals surface area contributed by atoms with Crippen LogP contribution in [-0.2, 0) is 4.79 Å². The molecule has 0 unspecified atom stereocenters. The van der Waals surface area contributed by atoms with Crippen molar-refractivity contribution in [2.45, 2.75) is 39.0 Å². The van der Waals surface area contributed by atoms with E-state index in [0.29, 0.717) is 6.42 Å². The highest BCUT2D eigenvalue weighted by Gasteiger charge is 2.36. The Labute approximate surface area is 120 Å². The Bertz CT molecular complexity index is 514. The van der Waals surface area contributed by atoms with Gasteiger partial charge in [-0.05, 0) is 19.9 Å². The van der Waals surface area contributed by atoms with Gasteiger partial charge in [0.05, 0.1) is 6.54 Å². The summed E-state index contributed by atoms with van der Waals surface area (Å²) in [6.07, 6.45) is -5.81. The Hall–Kier alpha value is -1.86. The second-order valence-corrected chi connectivity index (χ2v) is 5.09. The Morgan fingerprint density at radius 2 is 2.00 bits per heavy atom. The molecule has 8 heteroatoms. The number of carbonyl (C=O) groups is 1. The number of hydrogen-bond donors (Lipinski definition) is 0. The minimum Gasteiger partial charge on any atom is -0.458 e. The average Bonchev–Trinajstić information content (AvgIpc) is 2.73. The molecule has 1 fully saturated rings. The number of nitrogens with zero attached hydrogens (tertiary/aromatic N) is 3. The van der Waals surface area contributed by atoms with Gasteiger partial charge < -0.3 is 9.64 Å². The van der Waals surface area contributed by atoms with Gasteiger partial charge in [0.2, 0.25) is 5.91 Å². The molecule has 0 spiro atoms. The van der Waals surface area contributed by atoms with E-state index in [4.69, 9.17) is 4.74 Å². The standard InChI is InChI=1S/C13H16F3N3O2/c1-8-5-9(2)18-12(17-8)21-10-3-4-19(7-10)11(20)6-13(14,15)16/h5,10H,3-4,6-7H2,1-2H3/t10-/m1/s1. The van der Waals surface area contributed by atoms with Gasteiger partial charge in [-0.3, -0.25) is 4.79 Å². The molecule has 1 aromatic heterocycles. The molecule has 1 aliphatic heterocycles. The van der Waals surface area contributed by atoms with Gasteiger partial charge >= 0.3 is 12.2 Å². The maximum absolute atomic E-state index is 12.2. The van der Waals surface area contributed by atoms with Crippen molar-refractivity contribution in [1.29, 1.82) is 0 Å². The van der Waals surface area contributed by atoms with Crippen molar-refractivity contribution in [2.24, 2.45) is 0 Å². The molecule has 2 rings (SSSR count). The number of aromatic nitrogens is 2. The average molecular weight is 303 g/mol. The van der Waals surface area contributed by atoms with Gasteiger partial charge in [-0.1, -0.05) is 0 Å². The zero-order valence-electron chi connectivity index (χ0n) is 11.8. The number of amides is 1. The van der Waals surface area contributed by atoms with E-state index in [2.05, 4.69) is 9.97 Å². The molecule has 0 aromatic carbocycles. The molecular weight excluding hydrogens is 287 g/mol. The number of aryl methyl sites for hydroxylation is 2. The van der Waals surface area contributed by atoms with Crippen LogP contribution in [0.4, 0.5) is 13.2 Å². The summed E-state index contributed by atoms with van der Waals surface area (Å²) in [5.41, 5.74) is 1.50. The highest BCUT2D eigenvalue weighted by molar-refractivity contribution is 5.77. The topological polar surface area (TPSA) is 55.3 Å². The Morgan fingerprint density at radius 1 is 1.38 bits per heavy atom. The summed E-state index contributed by atoms with van der Waals surface area (Å²) in [5, 5.41) is 0. The van der Waals surface area contributed by atoms with Gasteiger partial charge in [-0.2, -0.15) is 13.2 Å². The Kier molecular flexibility index (Phi) is 4.34. The first-order valence-corrected chi connectivity index (χ1v) is 6.56. The molecular formula is C13H16F3N3O2. The molecule has 0 N–H and O–H groups in total. The number of ether oxygens (including phenoxy) is 1. The third-order valence-electron chi connectivity index (χ3n) is 3.08. The SMILES string of the molecule is Cc1cc(C)nc(O[C@@H]2CCN(C(=O)CC(F)(F)F)C2)n1. The van der Waals surface area contributed by atoms with Gasteiger partial charge in [0.25, 0.3) is 0 Å². The van der Waals surface area contributed by atoms with Crippen molar-refractivity contribution in [2.75, 3.05) is 13.1 Å². The third-order valence-corrected chi connectivity index (χ3v) is 3.08. The molecule has 2 heterocycles. The number of alkyl halides is 3. The molecule has 0 saturated carbocycles. The fourth-order valence-electron chi connectivity index (χ4n) is 2.23. The van der Waals surface area contributed by atoms with E-state index in [1.165, 1.54) is 4.90 Å². The molecule has 0 aliphatic carbocycles. The molecule has 21 heavy (non-hydrogen) atoms. The van der Waals surface area contributed by atoms with Crippen LogP contribution >= 0.6 is 0 Å².